The van der Waals surface area contributed by atoms with Gasteiger partial charge in [0, 0.05) is 12.8 Å². The number of carbonyl (C=O) groups excluding carboxylic acids is 3. The van der Waals surface area contributed by atoms with Gasteiger partial charge in [-0.1, -0.05) is 43.7 Å². The lowest BCUT2D eigenvalue weighted by atomic mass is 10.2. The number of carbonyl (C=O) groups is 3. The smallest absolute Gasteiger partial charge is 0.306 e. The molecule has 0 bridgehead atoms. The largest absolute Gasteiger partial charge is 0.461 e. The van der Waals surface area contributed by atoms with Gasteiger partial charge in [-0.05, 0) is 12.0 Å². The van der Waals surface area contributed by atoms with E-state index in [9.17, 15) is 14.4 Å². The van der Waals surface area contributed by atoms with Crippen molar-refractivity contribution < 1.29 is 19.1 Å². The van der Waals surface area contributed by atoms with Gasteiger partial charge in [-0.25, -0.2) is 0 Å². The number of unbranched alkanes of at least 4 members (excludes halogenated alkanes) is 1. The third-order valence-electron chi connectivity index (χ3n) is 3.09. The monoisotopic (exact) mass is 305 g/mol. The molecule has 0 saturated carbocycles. The minimum absolute atomic E-state index is 0.0193. The van der Waals surface area contributed by atoms with Crippen molar-refractivity contribution in [1.29, 1.82) is 0 Å². The molecule has 1 aromatic carbocycles. The molecule has 0 aliphatic carbocycles. The number of ether oxygens (including phenoxy) is 1. The first kappa shape index (κ1) is 17.9. The molecule has 0 atom stereocenters. The van der Waals surface area contributed by atoms with Crippen LogP contribution in [-0.4, -0.2) is 24.2 Å². The first-order valence-electron chi connectivity index (χ1n) is 7.59. The molecular weight excluding hydrogens is 282 g/mol. The molecule has 5 heteroatoms. The van der Waals surface area contributed by atoms with Crippen molar-refractivity contribution in [2.75, 3.05) is 6.54 Å². The Labute approximate surface area is 131 Å². The Morgan fingerprint density at radius 1 is 1.05 bits per heavy atom. The second kappa shape index (κ2) is 10.5. The zero-order chi connectivity index (χ0) is 16.2. The van der Waals surface area contributed by atoms with Gasteiger partial charge < -0.3 is 10.1 Å². The molecule has 0 aromatic heterocycles. The maximum absolute atomic E-state index is 11.6. The summed E-state index contributed by atoms with van der Waals surface area (Å²) in [4.78, 5) is 34.5. The molecular formula is C17H23NO4. The van der Waals surface area contributed by atoms with Crippen LogP contribution >= 0.6 is 0 Å². The van der Waals surface area contributed by atoms with Crippen LogP contribution in [0.15, 0.2) is 30.3 Å². The van der Waals surface area contributed by atoms with Crippen molar-refractivity contribution in [1.82, 2.24) is 5.32 Å². The lowest BCUT2D eigenvalue weighted by molar-refractivity contribution is -0.146. The quantitative estimate of drug-likeness (QED) is 0.674. The van der Waals surface area contributed by atoms with E-state index in [0.717, 1.165) is 18.4 Å². The molecule has 1 amide bonds. The first-order valence-corrected chi connectivity index (χ1v) is 7.59. The van der Waals surface area contributed by atoms with Gasteiger partial charge >= 0.3 is 5.97 Å². The zero-order valence-corrected chi connectivity index (χ0v) is 13.0. The second-order valence-electron chi connectivity index (χ2n) is 5.07. The van der Waals surface area contributed by atoms with Crippen molar-refractivity contribution in [3.05, 3.63) is 35.9 Å². The van der Waals surface area contributed by atoms with E-state index in [0.29, 0.717) is 6.42 Å². The van der Waals surface area contributed by atoms with Gasteiger partial charge in [-0.15, -0.1) is 0 Å². The summed E-state index contributed by atoms with van der Waals surface area (Å²) in [6, 6.07) is 9.36. The van der Waals surface area contributed by atoms with Crippen LogP contribution in [-0.2, 0) is 25.7 Å². The third-order valence-corrected chi connectivity index (χ3v) is 3.09. The molecule has 1 rings (SSSR count). The standard InChI is InChI=1S/C17H23NO4/c1-2-3-9-16(20)18-12-15(19)10-11-17(21)22-13-14-7-5-4-6-8-14/h4-8H,2-3,9-13H2,1H3,(H,18,20). The van der Waals surface area contributed by atoms with Crippen molar-refractivity contribution >= 4 is 17.7 Å². The van der Waals surface area contributed by atoms with Crippen molar-refractivity contribution in [3.63, 3.8) is 0 Å². The van der Waals surface area contributed by atoms with E-state index in [1.807, 2.05) is 37.3 Å². The van der Waals surface area contributed by atoms with Crippen LogP contribution in [0.25, 0.3) is 0 Å². The van der Waals surface area contributed by atoms with Gasteiger partial charge in [-0.3, -0.25) is 14.4 Å². The van der Waals surface area contributed by atoms with Gasteiger partial charge in [0.25, 0.3) is 0 Å². The van der Waals surface area contributed by atoms with E-state index >= 15 is 0 Å². The summed E-state index contributed by atoms with van der Waals surface area (Å²) in [5.74, 6) is -0.696. The van der Waals surface area contributed by atoms with Gasteiger partial charge in [0.15, 0.2) is 5.78 Å². The van der Waals surface area contributed by atoms with Crippen molar-refractivity contribution in [3.8, 4) is 0 Å². The fourth-order valence-electron chi connectivity index (χ4n) is 1.76. The van der Waals surface area contributed by atoms with Crippen LogP contribution in [0.2, 0.25) is 0 Å². The first-order chi connectivity index (χ1) is 10.6. The summed E-state index contributed by atoms with van der Waals surface area (Å²) in [5.41, 5.74) is 0.908. The highest BCUT2D eigenvalue weighted by molar-refractivity contribution is 5.88. The SMILES string of the molecule is CCCCC(=O)NCC(=O)CCC(=O)OCc1ccccc1. The maximum Gasteiger partial charge on any atom is 0.306 e. The lowest BCUT2D eigenvalue weighted by Crippen LogP contribution is -2.29. The fraction of sp³-hybridized carbons (Fsp3) is 0.471. The molecule has 0 radical (unpaired) electrons. The van der Waals surface area contributed by atoms with Gasteiger partial charge in [-0.2, -0.15) is 0 Å². The molecule has 0 saturated heterocycles. The Hall–Kier alpha value is -2.17. The highest BCUT2D eigenvalue weighted by Gasteiger charge is 2.09. The molecule has 0 spiro atoms. The van der Waals surface area contributed by atoms with Crippen LogP contribution in [0.4, 0.5) is 0 Å². The topological polar surface area (TPSA) is 72.5 Å². The fourth-order valence-corrected chi connectivity index (χ4v) is 1.76. The molecule has 0 fully saturated rings. The van der Waals surface area contributed by atoms with Gasteiger partial charge in [0.1, 0.15) is 6.61 Å². The average molecular weight is 305 g/mol. The molecule has 22 heavy (non-hydrogen) atoms. The van der Waals surface area contributed by atoms with Gasteiger partial charge in [0.2, 0.25) is 5.91 Å². The van der Waals surface area contributed by atoms with Crippen LogP contribution in [0.5, 0.6) is 0 Å². The highest BCUT2D eigenvalue weighted by atomic mass is 16.5. The maximum atomic E-state index is 11.6. The van der Waals surface area contributed by atoms with Gasteiger partial charge in [0.05, 0.1) is 13.0 Å². The van der Waals surface area contributed by atoms with Crippen LogP contribution < -0.4 is 5.32 Å². The van der Waals surface area contributed by atoms with E-state index in [2.05, 4.69) is 5.32 Å². The van der Waals surface area contributed by atoms with E-state index in [1.54, 1.807) is 0 Å². The third kappa shape index (κ3) is 8.19. The van der Waals surface area contributed by atoms with Crippen LogP contribution in [0, 0.1) is 0 Å². The van der Waals surface area contributed by atoms with E-state index in [-0.39, 0.29) is 37.7 Å². The molecule has 1 aromatic rings. The number of Topliss-reactive ketones (excluding diaryl/α,β-unsaturated/α-hetero) is 1. The zero-order valence-electron chi connectivity index (χ0n) is 13.0. The molecule has 0 aliphatic rings. The van der Waals surface area contributed by atoms with Crippen molar-refractivity contribution in [2.24, 2.45) is 0 Å². The normalized spacial score (nSPS) is 10.0. The molecule has 0 aliphatic heterocycles. The number of benzene rings is 1. The number of nitrogens with one attached hydrogen (secondary N) is 1. The Morgan fingerprint density at radius 2 is 1.77 bits per heavy atom. The van der Waals surface area contributed by atoms with Crippen LogP contribution in [0.3, 0.4) is 0 Å². The Balaban J connectivity index is 2.12. The summed E-state index contributed by atoms with van der Waals surface area (Å²) in [6.45, 7) is 2.19. The number of hydrogen-bond acceptors (Lipinski definition) is 4. The second-order valence-corrected chi connectivity index (χ2v) is 5.07. The van der Waals surface area contributed by atoms with E-state index in [4.69, 9.17) is 4.74 Å². The molecule has 0 heterocycles. The number of amides is 1. The Kier molecular flexibility index (Phi) is 8.57. The predicted molar refractivity (Wildman–Crippen MR) is 83.0 cm³/mol. The summed E-state index contributed by atoms with van der Waals surface area (Å²) in [5, 5.41) is 2.56. The van der Waals surface area contributed by atoms with Crippen LogP contribution in [0.1, 0.15) is 44.6 Å². The lowest BCUT2D eigenvalue weighted by Gasteiger charge is -2.06. The number of hydrogen-bond donors (Lipinski definition) is 1. The summed E-state index contributed by atoms with van der Waals surface area (Å²) >= 11 is 0. The Bertz CT molecular complexity index is 485. The predicted octanol–water partition coefficient (Wildman–Crippen LogP) is 2.39. The number of ketones is 1. The van der Waals surface area contributed by atoms with Crippen molar-refractivity contribution in [2.45, 2.75) is 45.6 Å². The Morgan fingerprint density at radius 3 is 2.45 bits per heavy atom. The summed E-state index contributed by atoms with van der Waals surface area (Å²) in [7, 11) is 0. The molecule has 5 nitrogen and oxygen atoms in total. The minimum atomic E-state index is -0.408. The highest BCUT2D eigenvalue weighted by Crippen LogP contribution is 2.03. The minimum Gasteiger partial charge on any atom is -0.461 e. The summed E-state index contributed by atoms with van der Waals surface area (Å²) in [6.07, 6.45) is 2.31. The molecule has 1 N–H and O–H groups in total. The number of esters is 1. The number of rotatable bonds is 10. The average Bonchev–Trinajstić information content (AvgIpc) is 2.55. The van der Waals surface area contributed by atoms with E-state index in [1.165, 1.54) is 0 Å². The summed E-state index contributed by atoms with van der Waals surface area (Å²) < 4.78 is 5.08. The molecule has 0 unspecified atom stereocenters. The molecule has 120 valence electrons. The van der Waals surface area contributed by atoms with E-state index < -0.39 is 5.97 Å².